The highest BCUT2D eigenvalue weighted by Gasteiger charge is 2.65. The quantitative estimate of drug-likeness (QED) is 0.641. The van der Waals surface area contributed by atoms with Crippen LogP contribution in [0.2, 0.25) is 0 Å². The van der Waals surface area contributed by atoms with E-state index in [-0.39, 0.29) is 11.3 Å². The van der Waals surface area contributed by atoms with Crippen LogP contribution in [0, 0.1) is 17.6 Å². The summed E-state index contributed by atoms with van der Waals surface area (Å²) in [6.07, 6.45) is -3.84. The second kappa shape index (κ2) is 8.99. The molecule has 3 rings (SSSR count). The van der Waals surface area contributed by atoms with Crippen molar-refractivity contribution in [2.75, 3.05) is 18.5 Å². The number of benzene rings is 1. The molecule has 2 aromatic rings. The summed E-state index contributed by atoms with van der Waals surface area (Å²) in [5.74, 6) is -7.04. The van der Waals surface area contributed by atoms with E-state index in [1.54, 1.807) is 0 Å². The fourth-order valence-electron chi connectivity index (χ4n) is 3.78. The molecule has 1 aromatic heterocycles. The number of hydrogen-bond acceptors (Lipinski definition) is 5. The Hall–Kier alpha value is -2.79. The average molecular weight is 460 g/mol. The number of ether oxygens (including phenoxy) is 2. The topological polar surface area (TPSA) is 80.7 Å². The van der Waals surface area contributed by atoms with E-state index in [0.717, 1.165) is 19.1 Å². The Morgan fingerprint density at radius 3 is 2.62 bits per heavy atom. The number of aromatic nitrogens is 1. The average Bonchev–Trinajstić information content (AvgIpc) is 3.02. The van der Waals surface area contributed by atoms with E-state index in [9.17, 15) is 26.7 Å². The van der Waals surface area contributed by atoms with Crippen molar-refractivity contribution >= 4 is 11.6 Å². The number of anilines is 1. The Kier molecular flexibility index (Phi) is 6.70. The first-order valence-corrected chi connectivity index (χ1v) is 9.68. The van der Waals surface area contributed by atoms with Crippen LogP contribution in [0.3, 0.4) is 0 Å². The van der Waals surface area contributed by atoms with Gasteiger partial charge in [-0.25, -0.2) is 4.39 Å². The molecule has 0 radical (unpaired) electrons. The molecule has 6 nitrogen and oxygen atoms in total. The third-order valence-electron chi connectivity index (χ3n) is 5.63. The van der Waals surface area contributed by atoms with E-state index in [0.29, 0.717) is 0 Å². The molecular weight excluding hydrogens is 439 g/mol. The second-order valence-corrected chi connectivity index (χ2v) is 7.54. The van der Waals surface area contributed by atoms with Crippen LogP contribution < -0.4 is 10.1 Å². The van der Waals surface area contributed by atoms with E-state index in [1.165, 1.54) is 31.5 Å². The molecule has 174 valence electrons. The number of aliphatic hydroxyl groups is 1. The minimum Gasteiger partial charge on any atom is -0.488 e. The summed E-state index contributed by atoms with van der Waals surface area (Å²) in [6, 6.07) is 4.79. The standard InChI is InChI=1S/C21H21F5N2O4/c1-11-15(13-5-6-14(22)16(23)17(13)31-9-8-29)18(32-20(11,2)21(24,25)26)19(30)28-12-4-3-7-27-10-12/h3-7,10-11,15,18,29H,8-9H2,1-2H3,(H,28,30)/t11-,15-,18+,20+/m0/s1. The number of nitrogens with zero attached hydrogens (tertiary/aromatic N) is 1. The van der Waals surface area contributed by atoms with Gasteiger partial charge in [-0.3, -0.25) is 9.78 Å². The van der Waals surface area contributed by atoms with Crippen LogP contribution in [-0.4, -0.2) is 47.1 Å². The summed E-state index contributed by atoms with van der Waals surface area (Å²) in [5.41, 5.74) is -2.72. The summed E-state index contributed by atoms with van der Waals surface area (Å²) in [5, 5.41) is 11.4. The lowest BCUT2D eigenvalue weighted by molar-refractivity contribution is -0.272. The minimum absolute atomic E-state index is 0.177. The monoisotopic (exact) mass is 460 g/mol. The molecular formula is C21H21F5N2O4. The number of nitrogens with one attached hydrogen (secondary N) is 1. The molecule has 0 spiro atoms. The van der Waals surface area contributed by atoms with Crippen molar-refractivity contribution < 1.29 is 41.3 Å². The lowest BCUT2D eigenvalue weighted by Crippen LogP contribution is -2.47. The Labute approximate surface area is 180 Å². The van der Waals surface area contributed by atoms with Crippen LogP contribution in [0.15, 0.2) is 36.7 Å². The van der Waals surface area contributed by atoms with Gasteiger partial charge in [-0.15, -0.1) is 0 Å². The van der Waals surface area contributed by atoms with E-state index < -0.39 is 66.2 Å². The van der Waals surface area contributed by atoms with Crippen molar-refractivity contribution in [3.63, 3.8) is 0 Å². The molecule has 32 heavy (non-hydrogen) atoms. The maximum atomic E-state index is 14.5. The van der Waals surface area contributed by atoms with Crippen LogP contribution in [-0.2, 0) is 9.53 Å². The van der Waals surface area contributed by atoms with E-state index in [4.69, 9.17) is 14.6 Å². The van der Waals surface area contributed by atoms with Crippen LogP contribution in [0.25, 0.3) is 0 Å². The second-order valence-electron chi connectivity index (χ2n) is 7.54. The molecule has 1 saturated heterocycles. The minimum atomic E-state index is -4.86. The predicted molar refractivity (Wildman–Crippen MR) is 103 cm³/mol. The number of halogens is 5. The molecule has 4 atom stereocenters. The summed E-state index contributed by atoms with van der Waals surface area (Å²) < 4.78 is 80.5. The highest BCUT2D eigenvalue weighted by Crippen LogP contribution is 2.55. The van der Waals surface area contributed by atoms with Gasteiger partial charge in [-0.1, -0.05) is 13.0 Å². The number of hydrogen-bond donors (Lipinski definition) is 2. The van der Waals surface area contributed by atoms with Crippen LogP contribution in [0.5, 0.6) is 5.75 Å². The number of carbonyl (C=O) groups excluding carboxylic acids is 1. The summed E-state index contributed by atoms with van der Waals surface area (Å²) >= 11 is 0. The van der Waals surface area contributed by atoms with Crippen molar-refractivity contribution in [2.24, 2.45) is 5.92 Å². The first-order chi connectivity index (χ1) is 15.0. The Bertz CT molecular complexity index is 973. The number of pyridine rings is 1. The van der Waals surface area contributed by atoms with Crippen molar-refractivity contribution in [1.82, 2.24) is 4.98 Å². The third kappa shape index (κ3) is 4.26. The number of aliphatic hydroxyl groups excluding tert-OH is 1. The van der Waals surface area contributed by atoms with Crippen molar-refractivity contribution in [1.29, 1.82) is 0 Å². The maximum absolute atomic E-state index is 14.5. The van der Waals surface area contributed by atoms with Gasteiger partial charge in [-0.2, -0.15) is 17.6 Å². The zero-order valence-electron chi connectivity index (χ0n) is 17.1. The summed E-state index contributed by atoms with van der Waals surface area (Å²) in [4.78, 5) is 16.8. The van der Waals surface area contributed by atoms with Gasteiger partial charge in [-0.05, 0) is 25.1 Å². The number of alkyl halides is 3. The molecule has 2 N–H and O–H groups in total. The third-order valence-corrected chi connectivity index (χ3v) is 5.63. The van der Waals surface area contributed by atoms with Crippen LogP contribution >= 0.6 is 0 Å². The van der Waals surface area contributed by atoms with Gasteiger partial charge < -0.3 is 19.9 Å². The fourth-order valence-corrected chi connectivity index (χ4v) is 3.78. The van der Waals surface area contributed by atoms with E-state index in [2.05, 4.69) is 10.3 Å². The lowest BCUT2D eigenvalue weighted by atomic mass is 9.77. The molecule has 1 fully saturated rings. The fraction of sp³-hybridized carbons (Fsp3) is 0.429. The maximum Gasteiger partial charge on any atom is 0.417 e. The first-order valence-electron chi connectivity index (χ1n) is 9.68. The van der Waals surface area contributed by atoms with E-state index in [1.807, 2.05) is 0 Å². The molecule has 0 saturated carbocycles. The molecule has 11 heteroatoms. The molecule has 1 aliphatic rings. The molecule has 0 bridgehead atoms. The van der Waals surface area contributed by atoms with Gasteiger partial charge in [0.1, 0.15) is 12.7 Å². The van der Waals surface area contributed by atoms with Crippen LogP contribution in [0.4, 0.5) is 27.6 Å². The van der Waals surface area contributed by atoms with Crippen molar-refractivity contribution in [2.45, 2.75) is 37.6 Å². The normalized spacial score (nSPS) is 25.6. The Balaban J connectivity index is 2.09. The zero-order chi connectivity index (χ0) is 23.7. The van der Waals surface area contributed by atoms with Gasteiger partial charge in [0.2, 0.25) is 5.82 Å². The van der Waals surface area contributed by atoms with Gasteiger partial charge in [0.05, 0.1) is 18.5 Å². The van der Waals surface area contributed by atoms with Crippen LogP contribution in [0.1, 0.15) is 25.3 Å². The number of rotatable bonds is 6. The van der Waals surface area contributed by atoms with Crippen molar-refractivity contribution in [3.05, 3.63) is 53.9 Å². The Morgan fingerprint density at radius 2 is 2.03 bits per heavy atom. The highest BCUT2D eigenvalue weighted by atomic mass is 19.4. The lowest BCUT2D eigenvalue weighted by Gasteiger charge is -2.32. The largest absolute Gasteiger partial charge is 0.488 e. The summed E-state index contributed by atoms with van der Waals surface area (Å²) in [6.45, 7) is 1.04. The highest BCUT2D eigenvalue weighted by molar-refractivity contribution is 5.95. The smallest absolute Gasteiger partial charge is 0.417 e. The Morgan fingerprint density at radius 1 is 1.31 bits per heavy atom. The zero-order valence-corrected chi connectivity index (χ0v) is 17.1. The van der Waals surface area contributed by atoms with Gasteiger partial charge in [0, 0.05) is 23.6 Å². The molecule has 0 aliphatic carbocycles. The van der Waals surface area contributed by atoms with Crippen molar-refractivity contribution in [3.8, 4) is 5.75 Å². The molecule has 0 unspecified atom stereocenters. The number of carbonyl (C=O) groups is 1. The molecule has 1 aromatic carbocycles. The predicted octanol–water partition coefficient (Wildman–Crippen LogP) is 3.81. The summed E-state index contributed by atoms with van der Waals surface area (Å²) in [7, 11) is 0. The molecule has 1 aliphatic heterocycles. The molecule has 2 heterocycles. The van der Waals surface area contributed by atoms with E-state index >= 15 is 0 Å². The van der Waals surface area contributed by atoms with Gasteiger partial charge in [0.15, 0.2) is 17.2 Å². The number of amides is 1. The van der Waals surface area contributed by atoms with Gasteiger partial charge >= 0.3 is 6.18 Å². The molecule has 1 amide bonds. The van der Waals surface area contributed by atoms with Gasteiger partial charge in [0.25, 0.3) is 5.91 Å². The first kappa shape index (κ1) is 23.9. The SMILES string of the molecule is C[C@H]1[C@@H](c2ccc(F)c(F)c2OCCO)[C@H](C(=O)Nc2cccnc2)O[C@@]1(C)C(F)(F)F.